The van der Waals surface area contributed by atoms with Crippen LogP contribution in [0.1, 0.15) is 25.8 Å². The molecule has 1 aromatic carbocycles. The molecule has 1 amide bonds. The molecule has 0 bridgehead atoms. The quantitative estimate of drug-likeness (QED) is 0.555. The lowest BCUT2D eigenvalue weighted by Crippen LogP contribution is -2.46. The smallest absolute Gasteiger partial charge is 0.304 e. The van der Waals surface area contributed by atoms with Crippen LogP contribution in [0, 0.1) is 0 Å². The second kappa shape index (κ2) is 8.20. The zero-order chi connectivity index (χ0) is 21.3. The lowest BCUT2D eigenvalue weighted by atomic mass is 10.00. The Hall–Kier alpha value is -2.31. The average Bonchev–Trinajstić information content (AvgIpc) is 3.19. The van der Waals surface area contributed by atoms with Gasteiger partial charge in [0.15, 0.2) is 4.87 Å². The number of hydrazone groups is 1. The number of benzene rings is 1. The summed E-state index contributed by atoms with van der Waals surface area (Å²) < 4.78 is 28.0. The van der Waals surface area contributed by atoms with E-state index in [1.807, 2.05) is 18.2 Å². The molecular formula is C20H19F2N2O3PS. The monoisotopic (exact) mass is 436 g/mol. The third-order valence-electron chi connectivity index (χ3n) is 4.63. The topological polar surface area (TPSA) is 70.0 Å². The van der Waals surface area contributed by atoms with Gasteiger partial charge in [0, 0.05) is 18.2 Å². The molecule has 2 aliphatic rings. The minimum absolute atomic E-state index is 0.0848. The van der Waals surface area contributed by atoms with Crippen molar-refractivity contribution in [2.75, 3.05) is 0 Å². The Morgan fingerprint density at radius 1 is 1.41 bits per heavy atom. The van der Waals surface area contributed by atoms with Crippen LogP contribution in [0.25, 0.3) is 0 Å². The molecule has 3 unspecified atom stereocenters. The number of hydrogen-bond donors (Lipinski definition) is 1. The van der Waals surface area contributed by atoms with Crippen molar-refractivity contribution in [2.24, 2.45) is 5.10 Å². The number of carboxylic acid groups (broad SMARTS) is 1. The number of fused-ring (bicyclic) bond motifs is 2. The fourth-order valence-corrected chi connectivity index (χ4v) is 7.07. The van der Waals surface area contributed by atoms with Crippen LogP contribution in [0.3, 0.4) is 0 Å². The molecule has 0 radical (unpaired) electrons. The number of rotatable bonds is 5. The highest BCUT2D eigenvalue weighted by Crippen LogP contribution is 2.59. The van der Waals surface area contributed by atoms with Gasteiger partial charge < -0.3 is 5.11 Å². The van der Waals surface area contributed by atoms with E-state index in [1.165, 1.54) is 24.9 Å². The zero-order valence-corrected chi connectivity index (χ0v) is 17.6. The van der Waals surface area contributed by atoms with Crippen LogP contribution in [-0.4, -0.2) is 32.7 Å². The van der Waals surface area contributed by atoms with Gasteiger partial charge in [0.1, 0.15) is 16.7 Å². The number of thioether (sulfide) groups is 1. The Labute approximate surface area is 173 Å². The Kier molecular flexibility index (Phi) is 6.05. The highest BCUT2D eigenvalue weighted by Gasteiger charge is 2.58. The molecule has 152 valence electrons. The highest BCUT2D eigenvalue weighted by atomic mass is 32.2. The van der Waals surface area contributed by atoms with Crippen molar-refractivity contribution in [1.82, 2.24) is 5.01 Å². The van der Waals surface area contributed by atoms with Crippen LogP contribution in [0.4, 0.5) is 8.78 Å². The van der Waals surface area contributed by atoms with Crippen LogP contribution in [0.5, 0.6) is 0 Å². The number of carbonyl (C=O) groups is 2. The summed E-state index contributed by atoms with van der Waals surface area (Å²) in [7, 11) is 0.131. The van der Waals surface area contributed by atoms with Gasteiger partial charge in [-0.1, -0.05) is 57.3 Å². The molecule has 29 heavy (non-hydrogen) atoms. The van der Waals surface area contributed by atoms with Gasteiger partial charge in [-0.05, 0) is 23.9 Å². The summed E-state index contributed by atoms with van der Waals surface area (Å²) in [4.78, 5) is 22.9. The molecule has 0 saturated heterocycles. The maximum Gasteiger partial charge on any atom is 0.304 e. The molecule has 3 atom stereocenters. The molecule has 1 aromatic rings. The van der Waals surface area contributed by atoms with Crippen molar-refractivity contribution >= 4 is 42.6 Å². The van der Waals surface area contributed by atoms with Crippen molar-refractivity contribution in [1.29, 1.82) is 0 Å². The van der Waals surface area contributed by atoms with Gasteiger partial charge >= 0.3 is 5.97 Å². The Morgan fingerprint density at radius 3 is 2.69 bits per heavy atom. The molecule has 2 aliphatic heterocycles. The molecule has 5 nitrogen and oxygen atoms in total. The summed E-state index contributed by atoms with van der Waals surface area (Å²) in [6.07, 6.45) is 1.95. The van der Waals surface area contributed by atoms with Crippen molar-refractivity contribution < 1.29 is 23.5 Å². The lowest BCUT2D eigenvalue weighted by Gasteiger charge is -2.36. The third-order valence-corrected chi connectivity index (χ3v) is 8.04. The largest absolute Gasteiger partial charge is 0.481 e. The van der Waals surface area contributed by atoms with E-state index < -0.39 is 34.1 Å². The third kappa shape index (κ3) is 3.79. The molecule has 2 heterocycles. The summed E-state index contributed by atoms with van der Waals surface area (Å²) in [5.74, 6) is -2.98. The van der Waals surface area contributed by atoms with E-state index in [1.54, 1.807) is 6.07 Å². The van der Waals surface area contributed by atoms with E-state index in [4.69, 9.17) is 0 Å². The SMILES string of the molecule is C=C(F)/C(=C\C(F)=C/C)C1=NN(C(C)=O)C2(S1)c1ccccc1PC2CC(=O)O. The van der Waals surface area contributed by atoms with Gasteiger partial charge in [0.2, 0.25) is 5.91 Å². The summed E-state index contributed by atoms with van der Waals surface area (Å²) in [6, 6.07) is 7.36. The molecule has 9 heteroatoms. The Morgan fingerprint density at radius 2 is 2.10 bits per heavy atom. The first kappa shape index (κ1) is 21.4. The number of aliphatic carboxylic acids is 1. The number of allylic oxidation sites excluding steroid dienone is 4. The van der Waals surface area contributed by atoms with Crippen LogP contribution in [-0.2, 0) is 14.5 Å². The van der Waals surface area contributed by atoms with Gasteiger partial charge in [-0.2, -0.15) is 5.10 Å². The number of carboxylic acids is 1. The number of halogens is 2. The minimum atomic E-state index is -1.13. The number of nitrogens with zero attached hydrogens (tertiary/aromatic N) is 2. The fraction of sp³-hybridized carbons (Fsp3) is 0.250. The van der Waals surface area contributed by atoms with Gasteiger partial charge in [0.25, 0.3) is 0 Å². The van der Waals surface area contributed by atoms with Crippen molar-refractivity contribution in [3.8, 4) is 0 Å². The molecule has 1 N–H and O–H groups in total. The van der Waals surface area contributed by atoms with Gasteiger partial charge in [-0.25, -0.2) is 13.8 Å². The minimum Gasteiger partial charge on any atom is -0.481 e. The molecule has 0 saturated carbocycles. The second-order valence-electron chi connectivity index (χ2n) is 6.51. The molecule has 1 spiro atoms. The zero-order valence-electron chi connectivity index (χ0n) is 15.8. The van der Waals surface area contributed by atoms with Crippen molar-refractivity contribution in [2.45, 2.75) is 30.8 Å². The summed E-state index contributed by atoms with van der Waals surface area (Å²) in [5, 5.41) is 16.0. The molecular weight excluding hydrogens is 417 g/mol. The Balaban J connectivity index is 2.18. The molecule has 0 fully saturated rings. The maximum atomic E-state index is 14.2. The summed E-state index contributed by atoms with van der Waals surface area (Å²) in [5.41, 5.74) is 0.127. The van der Waals surface area contributed by atoms with Crippen molar-refractivity contribution in [3.63, 3.8) is 0 Å². The second-order valence-corrected chi connectivity index (χ2v) is 9.25. The predicted octanol–water partition coefficient (Wildman–Crippen LogP) is 4.19. The van der Waals surface area contributed by atoms with Crippen LogP contribution in [0.15, 0.2) is 65.3 Å². The summed E-state index contributed by atoms with van der Waals surface area (Å²) >= 11 is 1.07. The van der Waals surface area contributed by atoms with E-state index in [9.17, 15) is 23.5 Å². The normalized spacial score (nSPS) is 24.8. The first-order valence-corrected chi connectivity index (χ1v) is 10.6. The van der Waals surface area contributed by atoms with E-state index >= 15 is 0 Å². The van der Waals surface area contributed by atoms with Crippen molar-refractivity contribution in [3.05, 3.63) is 65.8 Å². The maximum absolute atomic E-state index is 14.2. The van der Waals surface area contributed by atoms with Crippen LogP contribution < -0.4 is 5.30 Å². The van der Waals surface area contributed by atoms with Crippen LogP contribution in [0.2, 0.25) is 0 Å². The first-order chi connectivity index (χ1) is 13.7. The Bertz CT molecular complexity index is 992. The van der Waals surface area contributed by atoms with Crippen LogP contribution >= 0.6 is 20.3 Å². The van der Waals surface area contributed by atoms with E-state index in [0.29, 0.717) is 0 Å². The number of amides is 1. The van der Waals surface area contributed by atoms with Gasteiger partial charge in [0.05, 0.1) is 6.42 Å². The fourth-order valence-electron chi connectivity index (χ4n) is 3.41. The van der Waals surface area contributed by atoms with Gasteiger partial charge in [-0.15, -0.1) is 0 Å². The van der Waals surface area contributed by atoms with E-state index in [-0.39, 0.29) is 25.6 Å². The average molecular weight is 436 g/mol. The first-order valence-electron chi connectivity index (χ1n) is 8.75. The molecule has 0 aromatic heterocycles. The number of hydrogen-bond acceptors (Lipinski definition) is 4. The van der Waals surface area contributed by atoms with E-state index in [0.717, 1.165) is 28.7 Å². The molecule has 0 aliphatic carbocycles. The lowest BCUT2D eigenvalue weighted by molar-refractivity contribution is -0.139. The standard InChI is InChI=1S/C20H19F2N2O3PS/c1-4-13(22)9-14(11(2)21)19-23-24(12(3)25)20(29-19)15-7-5-6-8-16(15)28-17(20)10-18(26)27/h4-9,17,28H,2,10H2,1,3H3,(H,26,27)/b13-4+,14-9+. The molecule has 3 rings (SSSR count). The van der Waals surface area contributed by atoms with E-state index in [2.05, 4.69) is 11.7 Å². The van der Waals surface area contributed by atoms with Gasteiger partial charge in [-0.3, -0.25) is 9.59 Å². The predicted molar refractivity (Wildman–Crippen MR) is 113 cm³/mol. The number of carbonyl (C=O) groups excluding carboxylic acids is 1. The highest BCUT2D eigenvalue weighted by molar-refractivity contribution is 8.15. The summed E-state index contributed by atoms with van der Waals surface area (Å²) in [6.45, 7) is 6.05.